The van der Waals surface area contributed by atoms with Crippen molar-refractivity contribution < 1.29 is 14.6 Å². The molecule has 0 radical (unpaired) electrons. The molecule has 1 N–H and O–H groups in total. The summed E-state index contributed by atoms with van der Waals surface area (Å²) in [5.74, 6) is 0. The van der Waals surface area contributed by atoms with Crippen LogP contribution in [0.3, 0.4) is 0 Å². The number of fused-ring (bicyclic) bond motifs is 1. The summed E-state index contributed by atoms with van der Waals surface area (Å²) in [4.78, 5) is 0. The lowest BCUT2D eigenvalue weighted by Crippen LogP contribution is -2.35. The van der Waals surface area contributed by atoms with E-state index in [1.54, 1.807) is 0 Å². The van der Waals surface area contributed by atoms with Gasteiger partial charge in [0, 0.05) is 6.42 Å². The molecule has 2 heterocycles. The first-order valence-electron chi connectivity index (χ1n) is 4.80. The number of aliphatic hydroxyl groups is 1. The predicted octanol–water partition coefficient (Wildman–Crippen LogP) is 1.30. The standard InChI is InChI=1S/C7H12O3.C2H6/c1-2-5-4(8)3-6-7(9-5)10-6;1-2/h4-8H,2-3H2,1H3;1-2H3. The normalized spacial score (nSPS) is 44.0. The van der Waals surface area contributed by atoms with Crippen LogP contribution in [0.1, 0.15) is 33.6 Å². The van der Waals surface area contributed by atoms with Crippen LogP contribution in [0.4, 0.5) is 0 Å². The largest absolute Gasteiger partial charge is 0.390 e. The Labute approximate surface area is 73.7 Å². The van der Waals surface area contributed by atoms with Gasteiger partial charge in [-0.2, -0.15) is 0 Å². The van der Waals surface area contributed by atoms with Crippen molar-refractivity contribution in [3.63, 3.8) is 0 Å². The maximum atomic E-state index is 9.36. The molecule has 0 aromatic carbocycles. The second-order valence-corrected chi connectivity index (χ2v) is 2.93. The van der Waals surface area contributed by atoms with E-state index < -0.39 is 0 Å². The molecule has 2 aliphatic rings. The fourth-order valence-electron chi connectivity index (χ4n) is 1.43. The summed E-state index contributed by atoms with van der Waals surface area (Å²) in [7, 11) is 0. The molecule has 4 unspecified atom stereocenters. The van der Waals surface area contributed by atoms with E-state index in [4.69, 9.17) is 9.47 Å². The summed E-state index contributed by atoms with van der Waals surface area (Å²) < 4.78 is 10.4. The van der Waals surface area contributed by atoms with Crippen molar-refractivity contribution in [3.05, 3.63) is 0 Å². The summed E-state index contributed by atoms with van der Waals surface area (Å²) in [5, 5.41) is 9.36. The van der Waals surface area contributed by atoms with Gasteiger partial charge in [0.25, 0.3) is 0 Å². The average Bonchev–Trinajstić information content (AvgIpc) is 2.84. The molecule has 0 aliphatic carbocycles. The van der Waals surface area contributed by atoms with Gasteiger partial charge >= 0.3 is 0 Å². The number of rotatable bonds is 1. The van der Waals surface area contributed by atoms with E-state index in [0.29, 0.717) is 0 Å². The Morgan fingerprint density at radius 2 is 2.00 bits per heavy atom. The van der Waals surface area contributed by atoms with Gasteiger partial charge in [-0.1, -0.05) is 20.8 Å². The summed E-state index contributed by atoms with van der Waals surface area (Å²) in [6, 6.07) is 0. The minimum Gasteiger partial charge on any atom is -0.390 e. The fraction of sp³-hybridized carbons (Fsp3) is 1.00. The van der Waals surface area contributed by atoms with Gasteiger partial charge in [-0.05, 0) is 6.42 Å². The molecular weight excluding hydrogens is 156 g/mol. The first-order valence-corrected chi connectivity index (χ1v) is 4.80. The van der Waals surface area contributed by atoms with Crippen LogP contribution < -0.4 is 0 Å². The summed E-state index contributed by atoms with van der Waals surface area (Å²) >= 11 is 0. The molecule has 0 aromatic heterocycles. The topological polar surface area (TPSA) is 42.0 Å². The molecule has 12 heavy (non-hydrogen) atoms. The van der Waals surface area contributed by atoms with E-state index in [9.17, 15) is 5.11 Å². The smallest absolute Gasteiger partial charge is 0.184 e. The lowest BCUT2D eigenvalue weighted by molar-refractivity contribution is -0.0870. The molecule has 72 valence electrons. The molecule has 2 saturated heterocycles. The van der Waals surface area contributed by atoms with Crippen molar-refractivity contribution in [2.45, 2.75) is 58.2 Å². The van der Waals surface area contributed by atoms with Gasteiger partial charge in [0.05, 0.1) is 12.2 Å². The van der Waals surface area contributed by atoms with E-state index in [2.05, 4.69) is 0 Å². The minimum atomic E-state index is -0.311. The van der Waals surface area contributed by atoms with Gasteiger partial charge in [-0.15, -0.1) is 0 Å². The molecule has 2 aliphatic heterocycles. The van der Waals surface area contributed by atoms with Gasteiger partial charge in [0.2, 0.25) is 0 Å². The highest BCUT2D eigenvalue weighted by molar-refractivity contribution is 4.89. The van der Waals surface area contributed by atoms with Gasteiger partial charge in [-0.25, -0.2) is 0 Å². The molecule has 0 spiro atoms. The molecule has 0 bridgehead atoms. The molecule has 2 rings (SSSR count). The lowest BCUT2D eigenvalue weighted by Gasteiger charge is -2.23. The molecule has 0 saturated carbocycles. The van der Waals surface area contributed by atoms with Crippen LogP contribution in [-0.4, -0.2) is 29.7 Å². The van der Waals surface area contributed by atoms with E-state index >= 15 is 0 Å². The highest BCUT2D eigenvalue weighted by atomic mass is 16.8. The van der Waals surface area contributed by atoms with E-state index in [1.165, 1.54) is 0 Å². The molecule has 3 heteroatoms. The van der Waals surface area contributed by atoms with Gasteiger partial charge in [0.1, 0.15) is 6.10 Å². The van der Waals surface area contributed by atoms with Crippen LogP contribution in [0.2, 0.25) is 0 Å². The zero-order valence-electron chi connectivity index (χ0n) is 7.99. The second kappa shape index (κ2) is 4.21. The first-order chi connectivity index (χ1) is 5.81. The quantitative estimate of drug-likeness (QED) is 0.609. The Kier molecular flexibility index (Phi) is 3.50. The number of hydrogen-bond donors (Lipinski definition) is 1. The van der Waals surface area contributed by atoms with Crippen molar-refractivity contribution in [2.24, 2.45) is 0 Å². The number of ether oxygens (including phenoxy) is 2. The van der Waals surface area contributed by atoms with Crippen molar-refractivity contribution in [2.75, 3.05) is 0 Å². The van der Waals surface area contributed by atoms with Gasteiger partial charge in [0.15, 0.2) is 6.29 Å². The monoisotopic (exact) mass is 174 g/mol. The Morgan fingerprint density at radius 3 is 2.58 bits per heavy atom. The van der Waals surface area contributed by atoms with E-state index in [0.717, 1.165) is 12.8 Å². The fourth-order valence-corrected chi connectivity index (χ4v) is 1.43. The second-order valence-electron chi connectivity index (χ2n) is 2.93. The molecule has 2 fully saturated rings. The van der Waals surface area contributed by atoms with Gasteiger partial charge < -0.3 is 14.6 Å². The maximum Gasteiger partial charge on any atom is 0.184 e. The van der Waals surface area contributed by atoms with Crippen LogP contribution in [0, 0.1) is 0 Å². The zero-order chi connectivity index (χ0) is 9.14. The van der Waals surface area contributed by atoms with E-state index in [-0.39, 0.29) is 24.6 Å². The first kappa shape index (κ1) is 9.96. The van der Waals surface area contributed by atoms with Crippen LogP contribution in [-0.2, 0) is 9.47 Å². The van der Waals surface area contributed by atoms with Gasteiger partial charge in [-0.3, -0.25) is 0 Å². The highest BCUT2D eigenvalue weighted by Gasteiger charge is 2.48. The SMILES string of the molecule is CC.CCC1OC2OC2CC1O. The lowest BCUT2D eigenvalue weighted by atomic mass is 10.0. The highest BCUT2D eigenvalue weighted by Crippen LogP contribution is 2.35. The maximum absolute atomic E-state index is 9.36. The Balaban J connectivity index is 0.000000336. The van der Waals surface area contributed by atoms with Crippen LogP contribution in [0.15, 0.2) is 0 Å². The van der Waals surface area contributed by atoms with Crippen molar-refractivity contribution in [3.8, 4) is 0 Å². The molecule has 3 nitrogen and oxygen atoms in total. The Hall–Kier alpha value is -0.120. The van der Waals surface area contributed by atoms with Crippen LogP contribution in [0.5, 0.6) is 0 Å². The molecular formula is C9H18O3. The van der Waals surface area contributed by atoms with E-state index in [1.807, 2.05) is 20.8 Å². The predicted molar refractivity (Wildman–Crippen MR) is 45.8 cm³/mol. The summed E-state index contributed by atoms with van der Waals surface area (Å²) in [5.41, 5.74) is 0. The van der Waals surface area contributed by atoms with Crippen molar-refractivity contribution in [1.82, 2.24) is 0 Å². The average molecular weight is 174 g/mol. The molecule has 0 amide bonds. The summed E-state index contributed by atoms with van der Waals surface area (Å²) in [6.07, 6.45) is 1.51. The van der Waals surface area contributed by atoms with Crippen molar-refractivity contribution in [1.29, 1.82) is 0 Å². The minimum absolute atomic E-state index is 0.00347. The Morgan fingerprint density at radius 1 is 1.33 bits per heavy atom. The third kappa shape index (κ3) is 1.97. The third-order valence-electron chi connectivity index (χ3n) is 2.15. The van der Waals surface area contributed by atoms with Crippen LogP contribution in [0.25, 0.3) is 0 Å². The molecule has 0 aromatic rings. The third-order valence-corrected chi connectivity index (χ3v) is 2.15. The summed E-state index contributed by atoms with van der Waals surface area (Å²) in [6.45, 7) is 6.01. The van der Waals surface area contributed by atoms with Crippen molar-refractivity contribution >= 4 is 0 Å². The number of hydrogen-bond acceptors (Lipinski definition) is 3. The zero-order valence-corrected chi connectivity index (χ0v) is 7.99. The number of aliphatic hydroxyl groups excluding tert-OH is 1. The Bertz CT molecular complexity index is 138. The van der Waals surface area contributed by atoms with Crippen LogP contribution >= 0.6 is 0 Å². The number of epoxide rings is 1. The molecule has 4 atom stereocenters.